The molecule has 42 heavy (non-hydrogen) atoms. The van der Waals surface area contributed by atoms with Gasteiger partial charge in [0.15, 0.2) is 0 Å². The Morgan fingerprint density at radius 3 is 2.24 bits per heavy atom. The number of unbranched alkanes of at least 4 members (excludes halogenated alkanes) is 1. The number of benzene rings is 3. The first-order chi connectivity index (χ1) is 20.1. The number of ether oxygens (including phenoxy) is 1. The molecule has 0 spiro atoms. The lowest BCUT2D eigenvalue weighted by molar-refractivity contribution is -0.140. The van der Waals surface area contributed by atoms with Crippen LogP contribution in [0.3, 0.4) is 0 Å². The van der Waals surface area contributed by atoms with Crippen molar-refractivity contribution in [2.75, 3.05) is 24.0 Å². The van der Waals surface area contributed by atoms with Crippen LogP contribution < -0.4 is 14.4 Å². The number of carbonyl (C=O) groups excluding carboxylic acids is 2. The average molecular weight is 679 g/mol. The number of rotatable bonds is 15. The maximum Gasteiger partial charge on any atom is 0.264 e. The molecule has 226 valence electrons. The molecular formula is C31H37BrClN3O5S. The van der Waals surface area contributed by atoms with Gasteiger partial charge in [-0.3, -0.25) is 13.9 Å². The summed E-state index contributed by atoms with van der Waals surface area (Å²) in [6, 6.07) is 19.0. The lowest BCUT2D eigenvalue weighted by atomic mass is 10.1. The molecule has 8 nitrogen and oxygen atoms in total. The van der Waals surface area contributed by atoms with Crippen LogP contribution in [0.4, 0.5) is 5.69 Å². The highest BCUT2D eigenvalue weighted by molar-refractivity contribution is 9.10. The van der Waals surface area contributed by atoms with E-state index >= 15 is 0 Å². The smallest absolute Gasteiger partial charge is 0.264 e. The molecule has 0 radical (unpaired) electrons. The summed E-state index contributed by atoms with van der Waals surface area (Å²) < 4.78 is 35.3. The van der Waals surface area contributed by atoms with E-state index in [0.29, 0.717) is 35.9 Å². The number of sulfonamides is 1. The van der Waals surface area contributed by atoms with E-state index in [4.69, 9.17) is 16.3 Å². The number of halogens is 2. The Bertz CT molecular complexity index is 1440. The minimum atomic E-state index is -4.18. The second-order valence-corrected chi connectivity index (χ2v) is 12.8. The molecule has 2 amide bonds. The summed E-state index contributed by atoms with van der Waals surface area (Å²) in [7, 11) is -4.18. The van der Waals surface area contributed by atoms with E-state index in [9.17, 15) is 18.0 Å². The number of nitrogens with one attached hydrogen (secondary N) is 1. The van der Waals surface area contributed by atoms with Crippen molar-refractivity contribution in [2.24, 2.45) is 0 Å². The Labute approximate surface area is 262 Å². The topological polar surface area (TPSA) is 96.0 Å². The van der Waals surface area contributed by atoms with Crippen molar-refractivity contribution in [3.8, 4) is 5.75 Å². The molecule has 0 bridgehead atoms. The summed E-state index contributed by atoms with van der Waals surface area (Å²) in [4.78, 5) is 28.9. The molecule has 11 heteroatoms. The number of hydrogen-bond acceptors (Lipinski definition) is 5. The Morgan fingerprint density at radius 2 is 1.64 bits per heavy atom. The predicted octanol–water partition coefficient (Wildman–Crippen LogP) is 6.42. The zero-order chi connectivity index (χ0) is 30.7. The van der Waals surface area contributed by atoms with Gasteiger partial charge in [-0.15, -0.1) is 0 Å². The van der Waals surface area contributed by atoms with Gasteiger partial charge >= 0.3 is 0 Å². The van der Waals surface area contributed by atoms with Gasteiger partial charge in [-0.2, -0.15) is 0 Å². The second kappa shape index (κ2) is 16.0. The van der Waals surface area contributed by atoms with Gasteiger partial charge in [-0.25, -0.2) is 8.42 Å². The van der Waals surface area contributed by atoms with E-state index in [-0.39, 0.29) is 23.0 Å². The highest BCUT2D eigenvalue weighted by atomic mass is 79.9. The highest BCUT2D eigenvalue weighted by Gasteiger charge is 2.34. The lowest BCUT2D eigenvalue weighted by Crippen LogP contribution is -2.52. The van der Waals surface area contributed by atoms with Gasteiger partial charge in [-0.1, -0.05) is 66.0 Å². The summed E-state index contributed by atoms with van der Waals surface area (Å²) >= 11 is 9.79. The van der Waals surface area contributed by atoms with Crippen molar-refractivity contribution in [1.29, 1.82) is 0 Å². The third-order valence-electron chi connectivity index (χ3n) is 6.63. The van der Waals surface area contributed by atoms with E-state index in [1.54, 1.807) is 60.7 Å². The third-order valence-corrected chi connectivity index (χ3v) is 9.32. The molecule has 0 saturated carbocycles. The van der Waals surface area contributed by atoms with Crippen LogP contribution >= 0.6 is 27.5 Å². The standard InChI is InChI=1S/C31H37BrClN3O5S/c1-4-7-20-34-31(38)29(5-2)35(21-23-10-8-9-11-28(23)33)30(37)22-36(25-14-16-26(17-15-25)41-6-3)42(39,40)27-18-12-24(32)13-19-27/h8-19,29H,4-7,20-22H2,1-3H3,(H,34,38). The van der Waals surface area contributed by atoms with Crippen molar-refractivity contribution >= 4 is 55.1 Å². The zero-order valence-corrected chi connectivity index (χ0v) is 27.2. The Balaban J connectivity index is 2.05. The van der Waals surface area contributed by atoms with E-state index in [2.05, 4.69) is 21.2 Å². The molecule has 0 aromatic heterocycles. The van der Waals surface area contributed by atoms with Crippen LogP contribution in [0.25, 0.3) is 0 Å². The Kier molecular flexibility index (Phi) is 12.7. The largest absolute Gasteiger partial charge is 0.494 e. The van der Waals surface area contributed by atoms with Crippen LogP contribution in [0.5, 0.6) is 5.75 Å². The molecule has 0 aliphatic rings. The summed E-state index contributed by atoms with van der Waals surface area (Å²) in [6.45, 7) is 6.14. The molecule has 0 saturated heterocycles. The minimum absolute atomic E-state index is 0.0226. The Hall–Kier alpha value is -3.08. The van der Waals surface area contributed by atoms with Gasteiger partial charge in [0, 0.05) is 22.6 Å². The molecular weight excluding hydrogens is 642 g/mol. The normalized spacial score (nSPS) is 11.9. The minimum Gasteiger partial charge on any atom is -0.494 e. The first kappa shape index (κ1) is 33.4. The molecule has 3 aromatic rings. The molecule has 0 aliphatic carbocycles. The van der Waals surface area contributed by atoms with Gasteiger partial charge in [0.05, 0.1) is 17.2 Å². The van der Waals surface area contributed by atoms with Gasteiger partial charge in [-0.05, 0) is 79.9 Å². The van der Waals surface area contributed by atoms with Crippen LogP contribution in [0, 0.1) is 0 Å². The van der Waals surface area contributed by atoms with E-state index in [0.717, 1.165) is 21.6 Å². The van der Waals surface area contributed by atoms with E-state index in [1.807, 2.05) is 20.8 Å². The molecule has 3 rings (SSSR count). The van der Waals surface area contributed by atoms with Crippen molar-refractivity contribution < 1.29 is 22.7 Å². The van der Waals surface area contributed by atoms with Gasteiger partial charge in [0.1, 0.15) is 18.3 Å². The van der Waals surface area contributed by atoms with Gasteiger partial charge < -0.3 is 15.0 Å². The SMILES string of the molecule is CCCCNC(=O)C(CC)N(Cc1ccccc1Cl)C(=O)CN(c1ccc(OCC)cc1)S(=O)(=O)c1ccc(Br)cc1. The number of amides is 2. The number of hydrogen-bond donors (Lipinski definition) is 1. The highest BCUT2D eigenvalue weighted by Crippen LogP contribution is 2.28. The second-order valence-electron chi connectivity index (χ2n) is 9.57. The molecule has 0 aliphatic heterocycles. The summed E-state index contributed by atoms with van der Waals surface area (Å²) in [5.74, 6) is -0.263. The van der Waals surface area contributed by atoms with Crippen LogP contribution in [-0.4, -0.2) is 50.9 Å². The molecule has 1 unspecified atom stereocenters. The van der Waals surface area contributed by atoms with Gasteiger partial charge in [0.2, 0.25) is 11.8 Å². The Morgan fingerprint density at radius 1 is 0.976 bits per heavy atom. The summed E-state index contributed by atoms with van der Waals surface area (Å²) in [5, 5.41) is 3.37. The molecule has 3 aromatic carbocycles. The van der Waals surface area contributed by atoms with Crippen LogP contribution in [0.2, 0.25) is 5.02 Å². The number of carbonyl (C=O) groups is 2. The van der Waals surface area contributed by atoms with Crippen molar-refractivity contribution in [3.63, 3.8) is 0 Å². The first-order valence-electron chi connectivity index (χ1n) is 13.9. The van der Waals surface area contributed by atoms with Crippen LogP contribution in [0.15, 0.2) is 82.2 Å². The lowest BCUT2D eigenvalue weighted by Gasteiger charge is -2.33. The average Bonchev–Trinajstić information content (AvgIpc) is 2.97. The molecule has 1 atom stereocenters. The first-order valence-corrected chi connectivity index (χ1v) is 16.5. The van der Waals surface area contributed by atoms with Crippen molar-refractivity contribution in [1.82, 2.24) is 10.2 Å². The fourth-order valence-electron chi connectivity index (χ4n) is 4.37. The van der Waals surface area contributed by atoms with Crippen LogP contribution in [0.1, 0.15) is 45.6 Å². The molecule has 0 heterocycles. The fourth-order valence-corrected chi connectivity index (χ4v) is 6.25. The third kappa shape index (κ3) is 8.72. The van der Waals surface area contributed by atoms with Gasteiger partial charge in [0.25, 0.3) is 10.0 Å². The number of nitrogens with zero attached hydrogens (tertiary/aromatic N) is 2. The van der Waals surface area contributed by atoms with E-state index < -0.39 is 28.5 Å². The van der Waals surface area contributed by atoms with Crippen molar-refractivity contribution in [2.45, 2.75) is 57.5 Å². The van der Waals surface area contributed by atoms with E-state index in [1.165, 1.54) is 17.0 Å². The zero-order valence-electron chi connectivity index (χ0n) is 24.1. The van der Waals surface area contributed by atoms with Crippen LogP contribution in [-0.2, 0) is 26.2 Å². The van der Waals surface area contributed by atoms with Crippen molar-refractivity contribution in [3.05, 3.63) is 87.9 Å². The fraction of sp³-hybridized carbons (Fsp3) is 0.355. The monoisotopic (exact) mass is 677 g/mol. The maximum absolute atomic E-state index is 14.1. The summed E-state index contributed by atoms with van der Waals surface area (Å²) in [5.41, 5.74) is 0.934. The maximum atomic E-state index is 14.1. The number of anilines is 1. The summed E-state index contributed by atoms with van der Waals surface area (Å²) in [6.07, 6.45) is 2.04. The molecule has 0 fully saturated rings. The quantitative estimate of drug-likeness (QED) is 0.187. The molecule has 1 N–H and O–H groups in total. The predicted molar refractivity (Wildman–Crippen MR) is 170 cm³/mol.